The van der Waals surface area contributed by atoms with E-state index >= 15 is 0 Å². The zero-order valence-corrected chi connectivity index (χ0v) is 14.9. The second kappa shape index (κ2) is 7.74. The summed E-state index contributed by atoms with van der Waals surface area (Å²) in [7, 11) is -3.64. The molecule has 1 rings (SSSR count). The molecule has 1 aromatic heterocycles. The molecule has 4 N–H and O–H groups in total. The van der Waals surface area contributed by atoms with E-state index in [1.165, 1.54) is 6.07 Å². The zero-order valence-electron chi connectivity index (χ0n) is 14.1. The van der Waals surface area contributed by atoms with Gasteiger partial charge in [-0.25, -0.2) is 18.1 Å². The van der Waals surface area contributed by atoms with Crippen molar-refractivity contribution in [2.45, 2.75) is 39.1 Å². The lowest BCUT2D eigenvalue weighted by Crippen LogP contribution is -2.37. The van der Waals surface area contributed by atoms with E-state index < -0.39 is 21.3 Å². The fraction of sp³-hybridized carbons (Fsp3) is 0.600. The van der Waals surface area contributed by atoms with E-state index in [1.807, 2.05) is 13.8 Å². The van der Waals surface area contributed by atoms with E-state index in [1.54, 1.807) is 26.0 Å². The first-order chi connectivity index (χ1) is 10.5. The first-order valence-electron chi connectivity index (χ1n) is 7.55. The van der Waals surface area contributed by atoms with Crippen molar-refractivity contribution < 1.29 is 13.2 Å². The number of hydrogen-bond donors (Lipinski definition) is 3. The highest BCUT2D eigenvalue weighted by Gasteiger charge is 2.25. The molecule has 23 heavy (non-hydrogen) atoms. The molecular formula is C15H26N4O3S. The average molecular weight is 342 g/mol. The molecule has 8 heteroatoms. The molecule has 0 aliphatic carbocycles. The van der Waals surface area contributed by atoms with Crippen LogP contribution in [0.5, 0.6) is 0 Å². The molecular weight excluding hydrogens is 316 g/mol. The van der Waals surface area contributed by atoms with E-state index in [0.29, 0.717) is 18.3 Å². The number of nitrogens with two attached hydrogens (primary N) is 1. The molecule has 0 atom stereocenters. The number of sulfonamides is 1. The third-order valence-electron chi connectivity index (χ3n) is 3.39. The first-order valence-corrected chi connectivity index (χ1v) is 9.03. The Hall–Kier alpha value is -1.67. The number of anilines is 1. The third kappa shape index (κ3) is 6.15. The number of carbonyl (C=O) groups is 1. The molecule has 1 amide bonds. The Morgan fingerprint density at radius 2 is 2.00 bits per heavy atom. The van der Waals surface area contributed by atoms with Crippen molar-refractivity contribution in [1.29, 1.82) is 0 Å². The third-order valence-corrected chi connectivity index (χ3v) is 4.75. The van der Waals surface area contributed by atoms with Gasteiger partial charge >= 0.3 is 0 Å². The molecule has 0 bridgehead atoms. The molecule has 0 saturated carbocycles. The quantitative estimate of drug-likeness (QED) is 0.626. The SMILES string of the molecule is CC(C)CCNS(=O)(=O)c1cccc(NCC(C)(C)C(N)=O)n1. The van der Waals surface area contributed by atoms with E-state index in [9.17, 15) is 13.2 Å². The number of nitrogens with one attached hydrogen (secondary N) is 2. The van der Waals surface area contributed by atoms with E-state index in [0.717, 1.165) is 6.42 Å². The van der Waals surface area contributed by atoms with Gasteiger partial charge in [0, 0.05) is 13.1 Å². The Bertz CT molecular complexity index is 642. The van der Waals surface area contributed by atoms with Crippen molar-refractivity contribution in [2.75, 3.05) is 18.4 Å². The first kappa shape index (κ1) is 19.4. The maximum absolute atomic E-state index is 12.2. The summed E-state index contributed by atoms with van der Waals surface area (Å²) in [5.41, 5.74) is 4.55. The number of amides is 1. The van der Waals surface area contributed by atoms with Crippen molar-refractivity contribution in [3.8, 4) is 0 Å². The molecule has 0 radical (unpaired) electrons. The molecule has 7 nitrogen and oxygen atoms in total. The average Bonchev–Trinajstić information content (AvgIpc) is 2.45. The largest absolute Gasteiger partial charge is 0.369 e. The monoisotopic (exact) mass is 342 g/mol. The van der Waals surface area contributed by atoms with Gasteiger partial charge in [-0.15, -0.1) is 0 Å². The number of aromatic nitrogens is 1. The minimum Gasteiger partial charge on any atom is -0.369 e. The maximum Gasteiger partial charge on any atom is 0.258 e. The molecule has 1 heterocycles. The number of pyridine rings is 1. The molecule has 0 aromatic carbocycles. The molecule has 0 aliphatic heterocycles. The highest BCUT2D eigenvalue weighted by atomic mass is 32.2. The van der Waals surface area contributed by atoms with Gasteiger partial charge in [0.2, 0.25) is 5.91 Å². The fourth-order valence-electron chi connectivity index (χ4n) is 1.62. The van der Waals surface area contributed by atoms with Crippen LogP contribution in [0.25, 0.3) is 0 Å². The Labute approximate surface area is 138 Å². The molecule has 130 valence electrons. The van der Waals surface area contributed by atoms with Crippen LogP contribution in [0, 0.1) is 11.3 Å². The summed E-state index contributed by atoms with van der Waals surface area (Å²) in [6, 6.07) is 4.68. The van der Waals surface area contributed by atoms with Crippen LogP contribution >= 0.6 is 0 Å². The Balaban J connectivity index is 2.78. The number of nitrogens with zero attached hydrogens (tertiary/aromatic N) is 1. The van der Waals surface area contributed by atoms with Crippen molar-refractivity contribution in [1.82, 2.24) is 9.71 Å². The Morgan fingerprint density at radius 3 is 2.57 bits per heavy atom. The van der Waals surface area contributed by atoms with Crippen molar-refractivity contribution in [3.05, 3.63) is 18.2 Å². The molecule has 0 spiro atoms. The van der Waals surface area contributed by atoms with Gasteiger partial charge in [-0.05, 0) is 38.3 Å². The van der Waals surface area contributed by atoms with Crippen LogP contribution in [0.4, 0.5) is 5.82 Å². The predicted octanol–water partition coefficient (Wildman–Crippen LogP) is 1.33. The second-order valence-corrected chi connectivity index (χ2v) is 8.26. The molecule has 1 aromatic rings. The summed E-state index contributed by atoms with van der Waals surface area (Å²) in [4.78, 5) is 15.4. The molecule has 0 saturated heterocycles. The van der Waals surface area contributed by atoms with E-state index in [4.69, 9.17) is 5.73 Å². The van der Waals surface area contributed by atoms with Crippen LogP contribution in [0.1, 0.15) is 34.1 Å². The minimum absolute atomic E-state index is 0.0527. The highest BCUT2D eigenvalue weighted by Crippen LogP contribution is 2.16. The highest BCUT2D eigenvalue weighted by molar-refractivity contribution is 7.89. The molecule has 0 aliphatic rings. The number of hydrogen-bond acceptors (Lipinski definition) is 5. The van der Waals surface area contributed by atoms with Crippen LogP contribution < -0.4 is 15.8 Å². The summed E-state index contributed by atoms with van der Waals surface area (Å²) in [5.74, 6) is 0.352. The summed E-state index contributed by atoms with van der Waals surface area (Å²) in [6.45, 7) is 8.09. The van der Waals surface area contributed by atoms with E-state index in [2.05, 4.69) is 15.0 Å². The van der Waals surface area contributed by atoms with Crippen molar-refractivity contribution in [2.24, 2.45) is 17.1 Å². The Kier molecular flexibility index (Phi) is 6.52. The standard InChI is InChI=1S/C15H26N4O3S/c1-11(2)8-9-18-23(21,22)13-7-5-6-12(19-13)17-10-15(3,4)14(16)20/h5-7,11,18H,8-10H2,1-4H3,(H2,16,20)(H,17,19). The lowest BCUT2D eigenvalue weighted by Gasteiger charge is -2.21. The molecule has 0 unspecified atom stereocenters. The number of carbonyl (C=O) groups excluding carboxylic acids is 1. The Morgan fingerprint density at radius 1 is 1.35 bits per heavy atom. The number of rotatable bonds is 9. The van der Waals surface area contributed by atoms with Gasteiger partial charge in [0.25, 0.3) is 10.0 Å². The predicted molar refractivity (Wildman–Crippen MR) is 90.3 cm³/mol. The summed E-state index contributed by atoms with van der Waals surface area (Å²) >= 11 is 0. The van der Waals surface area contributed by atoms with Gasteiger partial charge in [0.05, 0.1) is 5.41 Å². The topological polar surface area (TPSA) is 114 Å². The summed E-state index contributed by atoms with van der Waals surface area (Å²) < 4.78 is 26.9. The van der Waals surface area contributed by atoms with Crippen LogP contribution in [0.3, 0.4) is 0 Å². The van der Waals surface area contributed by atoms with Crippen molar-refractivity contribution in [3.63, 3.8) is 0 Å². The normalized spacial score (nSPS) is 12.4. The lowest BCUT2D eigenvalue weighted by molar-refractivity contribution is -0.125. The minimum atomic E-state index is -3.64. The lowest BCUT2D eigenvalue weighted by atomic mass is 9.93. The van der Waals surface area contributed by atoms with Gasteiger partial charge in [0.15, 0.2) is 5.03 Å². The number of primary amides is 1. The van der Waals surface area contributed by atoms with Gasteiger partial charge < -0.3 is 11.1 Å². The van der Waals surface area contributed by atoms with Crippen LogP contribution in [0.2, 0.25) is 0 Å². The van der Waals surface area contributed by atoms with Gasteiger partial charge in [-0.1, -0.05) is 19.9 Å². The summed E-state index contributed by atoms with van der Waals surface area (Å²) in [5, 5.41) is 2.90. The smallest absolute Gasteiger partial charge is 0.258 e. The zero-order chi connectivity index (χ0) is 17.7. The van der Waals surface area contributed by atoms with Gasteiger partial charge in [0.1, 0.15) is 5.82 Å². The summed E-state index contributed by atoms with van der Waals surface area (Å²) in [6.07, 6.45) is 0.754. The van der Waals surface area contributed by atoms with Crippen LogP contribution in [-0.4, -0.2) is 32.4 Å². The maximum atomic E-state index is 12.2. The van der Waals surface area contributed by atoms with Gasteiger partial charge in [-0.2, -0.15) is 0 Å². The van der Waals surface area contributed by atoms with E-state index in [-0.39, 0.29) is 11.6 Å². The van der Waals surface area contributed by atoms with Gasteiger partial charge in [-0.3, -0.25) is 4.79 Å². The van der Waals surface area contributed by atoms with Crippen molar-refractivity contribution >= 4 is 21.7 Å². The fourth-order valence-corrected chi connectivity index (χ4v) is 2.63. The molecule has 0 fully saturated rings. The van der Waals surface area contributed by atoms with Crippen LogP contribution in [0.15, 0.2) is 23.2 Å². The van der Waals surface area contributed by atoms with Crippen LogP contribution in [-0.2, 0) is 14.8 Å². The second-order valence-electron chi connectivity index (χ2n) is 6.54.